The van der Waals surface area contributed by atoms with E-state index in [1.54, 1.807) is 13.1 Å². The molecule has 2 aromatic carbocycles. The van der Waals surface area contributed by atoms with E-state index in [-0.39, 0.29) is 22.4 Å². The Kier molecular flexibility index (Phi) is 6.76. The minimum absolute atomic E-state index is 0.102. The van der Waals surface area contributed by atoms with E-state index in [0.717, 1.165) is 21.8 Å². The highest BCUT2D eigenvalue weighted by atomic mass is 79.9. The van der Waals surface area contributed by atoms with Gasteiger partial charge >= 0.3 is 0 Å². The summed E-state index contributed by atoms with van der Waals surface area (Å²) in [6.07, 6.45) is 0. The monoisotopic (exact) mass is 437 g/mol. The molecule has 136 valence electrons. The van der Waals surface area contributed by atoms with E-state index in [2.05, 4.69) is 21.2 Å². The Morgan fingerprint density at radius 3 is 2.62 bits per heavy atom. The van der Waals surface area contributed by atoms with Crippen LogP contribution in [0.4, 0.5) is 21.9 Å². The summed E-state index contributed by atoms with van der Waals surface area (Å²) in [5, 5.41) is 13.1. The lowest BCUT2D eigenvalue weighted by Crippen LogP contribution is -2.24. The number of aryl methyl sites for hydroxylation is 1. The Balaban J connectivity index is 1.97. The number of halogens is 1. The quantitative estimate of drug-likeness (QED) is 0.545. The van der Waals surface area contributed by atoms with Crippen LogP contribution in [-0.4, -0.2) is 28.9 Å². The number of rotatable bonds is 5. The van der Waals surface area contributed by atoms with Crippen LogP contribution in [0.5, 0.6) is 0 Å². The van der Waals surface area contributed by atoms with E-state index < -0.39 is 10.8 Å². The van der Waals surface area contributed by atoms with Crippen LogP contribution in [-0.2, 0) is 4.79 Å². The number of para-hydroxylation sites is 2. The van der Waals surface area contributed by atoms with Crippen molar-refractivity contribution in [3.8, 4) is 0 Å². The van der Waals surface area contributed by atoms with Crippen LogP contribution >= 0.6 is 27.7 Å². The predicted molar refractivity (Wildman–Crippen MR) is 107 cm³/mol. The van der Waals surface area contributed by atoms with E-state index in [9.17, 15) is 19.7 Å². The molecule has 0 saturated heterocycles. The van der Waals surface area contributed by atoms with E-state index >= 15 is 0 Å². The van der Waals surface area contributed by atoms with Crippen molar-refractivity contribution in [2.45, 2.75) is 6.92 Å². The molecular weight excluding hydrogens is 422 g/mol. The second kappa shape index (κ2) is 8.81. The number of carbonyl (C=O) groups excluding carboxylic acids is 2. The third-order valence-corrected chi connectivity index (χ3v) is 5.00. The van der Waals surface area contributed by atoms with Crippen molar-refractivity contribution >= 4 is 55.9 Å². The normalized spacial score (nSPS) is 10.3. The molecule has 0 aromatic heterocycles. The van der Waals surface area contributed by atoms with Crippen molar-refractivity contribution in [1.82, 2.24) is 0 Å². The maximum atomic E-state index is 12.3. The predicted octanol–water partition coefficient (Wildman–Crippen LogP) is 4.59. The first-order chi connectivity index (χ1) is 12.3. The van der Waals surface area contributed by atoms with Crippen molar-refractivity contribution in [3.63, 3.8) is 0 Å². The SMILES string of the molecule is Cc1ccc(N(C)C(=O)SCC(=O)Nc2ccccc2[N+](=O)[O-])c(Br)c1. The van der Waals surface area contributed by atoms with Gasteiger partial charge in [-0.3, -0.25) is 19.7 Å². The summed E-state index contributed by atoms with van der Waals surface area (Å²) < 4.78 is 0.776. The highest BCUT2D eigenvalue weighted by molar-refractivity contribution is 9.10. The van der Waals surface area contributed by atoms with Crippen molar-refractivity contribution in [3.05, 3.63) is 62.6 Å². The van der Waals surface area contributed by atoms with Crippen LogP contribution in [0.25, 0.3) is 0 Å². The third-order valence-electron chi connectivity index (χ3n) is 3.44. The van der Waals surface area contributed by atoms with Crippen LogP contribution in [0.15, 0.2) is 46.9 Å². The Morgan fingerprint density at radius 1 is 1.27 bits per heavy atom. The van der Waals surface area contributed by atoms with E-state index in [1.165, 1.54) is 23.1 Å². The van der Waals surface area contributed by atoms with Gasteiger partial charge in [-0.2, -0.15) is 0 Å². The summed E-state index contributed by atoms with van der Waals surface area (Å²) in [6.45, 7) is 1.94. The van der Waals surface area contributed by atoms with E-state index in [0.29, 0.717) is 5.69 Å². The zero-order valence-corrected chi connectivity index (χ0v) is 16.5. The number of nitrogens with zero attached hydrogens (tertiary/aromatic N) is 2. The summed E-state index contributed by atoms with van der Waals surface area (Å²) >= 11 is 4.23. The summed E-state index contributed by atoms with van der Waals surface area (Å²) in [4.78, 5) is 36.1. The summed E-state index contributed by atoms with van der Waals surface area (Å²) in [6, 6.07) is 11.4. The Labute approximate surface area is 163 Å². The molecule has 9 heteroatoms. The second-order valence-corrected chi connectivity index (χ2v) is 7.17. The first kappa shape index (κ1) is 19.9. The lowest BCUT2D eigenvalue weighted by atomic mass is 10.2. The van der Waals surface area contributed by atoms with E-state index in [1.807, 2.05) is 25.1 Å². The van der Waals surface area contributed by atoms with Crippen molar-refractivity contribution in [1.29, 1.82) is 0 Å². The lowest BCUT2D eigenvalue weighted by molar-refractivity contribution is -0.383. The molecule has 0 bridgehead atoms. The molecule has 26 heavy (non-hydrogen) atoms. The number of hydrogen-bond donors (Lipinski definition) is 1. The highest BCUT2D eigenvalue weighted by Crippen LogP contribution is 2.28. The van der Waals surface area contributed by atoms with Gasteiger partial charge in [0.15, 0.2) is 0 Å². The highest BCUT2D eigenvalue weighted by Gasteiger charge is 2.18. The zero-order valence-electron chi connectivity index (χ0n) is 14.1. The molecule has 2 amide bonds. The number of thioether (sulfide) groups is 1. The summed E-state index contributed by atoms with van der Waals surface area (Å²) in [5.41, 5.74) is 1.65. The fourth-order valence-corrected chi connectivity index (χ4v) is 3.51. The first-order valence-electron chi connectivity index (χ1n) is 7.49. The summed E-state index contributed by atoms with van der Waals surface area (Å²) in [5.74, 6) is -0.646. The van der Waals surface area contributed by atoms with Gasteiger partial charge in [-0.15, -0.1) is 0 Å². The molecule has 2 rings (SSSR count). The Bertz CT molecular complexity index is 860. The molecule has 0 saturated carbocycles. The molecule has 0 aliphatic carbocycles. The minimum atomic E-state index is -0.573. The van der Waals surface area contributed by atoms with Crippen LogP contribution < -0.4 is 10.2 Å². The number of amides is 2. The van der Waals surface area contributed by atoms with Gasteiger partial charge in [-0.1, -0.05) is 30.0 Å². The average molecular weight is 438 g/mol. The molecular formula is C17H16BrN3O4S. The van der Waals surface area contributed by atoms with Gasteiger partial charge in [0, 0.05) is 17.6 Å². The average Bonchev–Trinajstić information content (AvgIpc) is 2.59. The maximum absolute atomic E-state index is 12.3. The van der Waals surface area contributed by atoms with Gasteiger partial charge in [-0.25, -0.2) is 0 Å². The molecule has 0 aliphatic rings. The van der Waals surface area contributed by atoms with Crippen molar-refractivity contribution in [2.24, 2.45) is 0 Å². The number of hydrogen-bond acceptors (Lipinski definition) is 5. The fraction of sp³-hybridized carbons (Fsp3) is 0.176. The molecule has 0 spiro atoms. The van der Waals surface area contributed by atoms with Crippen LogP contribution in [0.2, 0.25) is 0 Å². The molecule has 0 fully saturated rings. The molecule has 0 radical (unpaired) electrons. The largest absolute Gasteiger partial charge is 0.320 e. The van der Waals surface area contributed by atoms with Crippen molar-refractivity contribution in [2.75, 3.05) is 23.0 Å². The van der Waals surface area contributed by atoms with Crippen molar-refractivity contribution < 1.29 is 14.5 Å². The molecule has 0 atom stereocenters. The van der Waals surface area contributed by atoms with E-state index in [4.69, 9.17) is 0 Å². The standard InChI is InChI=1S/C17H16BrN3O4S/c1-11-7-8-14(12(18)9-11)20(2)17(23)26-10-16(22)19-13-5-3-4-6-15(13)21(24)25/h3-9H,10H2,1-2H3,(H,19,22). The maximum Gasteiger partial charge on any atom is 0.292 e. The van der Waals surface area contributed by atoms with Gasteiger partial charge in [-0.05, 0) is 46.6 Å². The van der Waals surface area contributed by atoms with Gasteiger partial charge in [0.2, 0.25) is 5.91 Å². The molecule has 0 aliphatic heterocycles. The minimum Gasteiger partial charge on any atom is -0.320 e. The third kappa shape index (κ3) is 5.06. The van der Waals surface area contributed by atoms with Crippen LogP contribution in [0.1, 0.15) is 5.56 Å². The number of nitro benzene ring substituents is 1. The number of benzene rings is 2. The fourth-order valence-electron chi connectivity index (χ4n) is 2.13. The molecule has 2 aromatic rings. The molecule has 0 unspecified atom stereocenters. The molecule has 0 heterocycles. The second-order valence-electron chi connectivity index (χ2n) is 5.39. The Morgan fingerprint density at radius 2 is 1.96 bits per heavy atom. The number of nitrogens with one attached hydrogen (secondary N) is 1. The van der Waals surface area contributed by atoms with Gasteiger partial charge < -0.3 is 10.2 Å². The Hall–Kier alpha value is -2.39. The first-order valence-corrected chi connectivity index (χ1v) is 9.27. The number of carbonyl (C=O) groups is 2. The van der Waals surface area contributed by atoms with Crippen LogP contribution in [0, 0.1) is 17.0 Å². The topological polar surface area (TPSA) is 92.6 Å². The summed E-state index contributed by atoms with van der Waals surface area (Å²) in [7, 11) is 1.62. The van der Waals surface area contributed by atoms with Crippen LogP contribution in [0.3, 0.4) is 0 Å². The van der Waals surface area contributed by atoms with Gasteiger partial charge in [0.1, 0.15) is 5.69 Å². The lowest BCUT2D eigenvalue weighted by Gasteiger charge is -2.18. The zero-order chi connectivity index (χ0) is 19.3. The molecule has 1 N–H and O–H groups in total. The number of anilines is 2. The smallest absolute Gasteiger partial charge is 0.292 e. The van der Waals surface area contributed by atoms with Gasteiger partial charge in [0.25, 0.3) is 10.9 Å². The number of nitro groups is 1. The van der Waals surface area contributed by atoms with Gasteiger partial charge in [0.05, 0.1) is 16.4 Å². The molecule has 7 nitrogen and oxygen atoms in total.